The van der Waals surface area contributed by atoms with Crippen molar-refractivity contribution in [1.29, 1.82) is 0 Å². The van der Waals surface area contributed by atoms with Crippen LogP contribution in [-0.2, 0) is 16.6 Å². The lowest BCUT2D eigenvalue weighted by Crippen LogP contribution is -2.24. The summed E-state index contributed by atoms with van der Waals surface area (Å²) < 4.78 is 10.6. The van der Waals surface area contributed by atoms with Crippen molar-refractivity contribution < 1.29 is 14.3 Å². The molecular formula is C28H31ClN2O3. The second-order valence-electron chi connectivity index (χ2n) is 8.98. The summed E-state index contributed by atoms with van der Waals surface area (Å²) in [5.74, 6) is 1.17. The quantitative estimate of drug-likeness (QED) is 0.326. The maximum Gasteiger partial charge on any atom is 0.244 e. The fourth-order valence-electron chi connectivity index (χ4n) is 3.60. The lowest BCUT2D eigenvalue weighted by molar-refractivity contribution is -0.116. The van der Waals surface area contributed by atoms with Crippen LogP contribution in [-0.4, -0.2) is 31.7 Å². The maximum absolute atomic E-state index is 12.8. The number of hydrogen-bond donors (Lipinski definition) is 1. The van der Waals surface area contributed by atoms with Crippen molar-refractivity contribution in [1.82, 2.24) is 10.3 Å². The van der Waals surface area contributed by atoms with E-state index < -0.39 is 0 Å². The van der Waals surface area contributed by atoms with E-state index in [1.165, 1.54) is 5.56 Å². The summed E-state index contributed by atoms with van der Waals surface area (Å²) in [6, 6.07) is 17.6. The van der Waals surface area contributed by atoms with Gasteiger partial charge in [0.1, 0.15) is 5.15 Å². The van der Waals surface area contributed by atoms with Crippen molar-refractivity contribution in [3.63, 3.8) is 0 Å². The largest absolute Gasteiger partial charge is 0.493 e. The predicted octanol–water partition coefficient (Wildman–Crippen LogP) is 5.84. The van der Waals surface area contributed by atoms with E-state index in [2.05, 4.69) is 43.2 Å². The summed E-state index contributed by atoms with van der Waals surface area (Å²) >= 11 is 6.14. The highest BCUT2D eigenvalue weighted by Gasteiger charge is 2.15. The van der Waals surface area contributed by atoms with Crippen molar-refractivity contribution in [2.24, 2.45) is 0 Å². The number of nitrogens with one attached hydrogen (secondary N) is 1. The Kier molecular flexibility index (Phi) is 8.35. The van der Waals surface area contributed by atoms with Gasteiger partial charge >= 0.3 is 0 Å². The molecule has 1 N–H and O–H groups in total. The zero-order chi connectivity index (χ0) is 24.7. The number of halogens is 1. The van der Waals surface area contributed by atoms with Crippen LogP contribution in [0.1, 0.15) is 43.0 Å². The molecule has 1 amide bonds. The molecule has 0 unspecified atom stereocenters. The minimum atomic E-state index is -0.177. The van der Waals surface area contributed by atoms with E-state index in [1.807, 2.05) is 36.4 Å². The Balaban J connectivity index is 1.79. The number of hydrogen-bond acceptors (Lipinski definition) is 4. The molecule has 1 heterocycles. The first kappa shape index (κ1) is 25.3. The summed E-state index contributed by atoms with van der Waals surface area (Å²) in [6.07, 6.45) is 3.92. The molecular weight excluding hydrogens is 448 g/mol. The molecule has 3 rings (SSSR count). The minimum absolute atomic E-state index is 0.0455. The second kappa shape index (κ2) is 11.2. The zero-order valence-electron chi connectivity index (χ0n) is 20.3. The average Bonchev–Trinajstić information content (AvgIpc) is 2.82. The molecule has 0 aliphatic rings. The van der Waals surface area contributed by atoms with Crippen LogP contribution in [0, 0.1) is 0 Å². The number of methoxy groups -OCH3 is 2. The molecule has 5 nitrogen and oxygen atoms in total. The topological polar surface area (TPSA) is 60.5 Å². The molecule has 0 aliphatic carbocycles. The molecule has 0 spiro atoms. The standard InChI is InChI=1S/C28H31ClN2O3/c1-28(2,3)22-9-7-20(8-10-22)23(21-13-15-30-26(29)17-21)18-27(32)31-14-12-19-6-11-24(33-4)25(16-19)34-5/h6-11,13,15-18H,12,14H2,1-5H3,(H,31,32)/b23-18-. The fraction of sp³-hybridized carbons (Fsp3) is 0.286. The van der Waals surface area contributed by atoms with Gasteiger partial charge in [0.15, 0.2) is 11.5 Å². The van der Waals surface area contributed by atoms with Gasteiger partial charge in [0.25, 0.3) is 0 Å². The van der Waals surface area contributed by atoms with E-state index in [1.54, 1.807) is 32.6 Å². The Labute approximate surface area is 206 Å². The number of rotatable bonds is 8. The number of nitrogens with zero attached hydrogens (tertiary/aromatic N) is 1. The average molecular weight is 479 g/mol. The Morgan fingerprint density at radius 3 is 2.29 bits per heavy atom. The molecule has 0 radical (unpaired) electrons. The van der Waals surface area contributed by atoms with Crippen LogP contribution in [0.5, 0.6) is 11.5 Å². The number of pyridine rings is 1. The normalized spacial score (nSPS) is 11.8. The van der Waals surface area contributed by atoms with Crippen molar-refractivity contribution in [3.8, 4) is 11.5 Å². The van der Waals surface area contributed by atoms with Crippen molar-refractivity contribution >= 4 is 23.1 Å². The van der Waals surface area contributed by atoms with Crippen LogP contribution in [0.25, 0.3) is 5.57 Å². The molecule has 1 aromatic heterocycles. The highest BCUT2D eigenvalue weighted by atomic mass is 35.5. The fourth-order valence-corrected chi connectivity index (χ4v) is 3.78. The second-order valence-corrected chi connectivity index (χ2v) is 9.37. The van der Waals surface area contributed by atoms with Gasteiger partial charge in [-0.2, -0.15) is 0 Å². The Morgan fingerprint density at radius 2 is 1.68 bits per heavy atom. The molecule has 0 atom stereocenters. The molecule has 34 heavy (non-hydrogen) atoms. The lowest BCUT2D eigenvalue weighted by atomic mass is 9.85. The van der Waals surface area contributed by atoms with E-state index in [0.717, 1.165) is 22.3 Å². The molecule has 0 fully saturated rings. The molecule has 0 saturated heterocycles. The highest BCUT2D eigenvalue weighted by molar-refractivity contribution is 6.29. The highest BCUT2D eigenvalue weighted by Crippen LogP contribution is 2.29. The van der Waals surface area contributed by atoms with E-state index in [4.69, 9.17) is 21.1 Å². The first-order valence-electron chi connectivity index (χ1n) is 11.1. The summed E-state index contributed by atoms with van der Waals surface area (Å²) in [6.45, 7) is 7.01. The van der Waals surface area contributed by atoms with Crippen LogP contribution >= 0.6 is 11.6 Å². The zero-order valence-corrected chi connectivity index (χ0v) is 21.1. The summed E-state index contributed by atoms with van der Waals surface area (Å²) in [5, 5.41) is 3.36. The van der Waals surface area contributed by atoms with Gasteiger partial charge in [0.05, 0.1) is 14.2 Å². The lowest BCUT2D eigenvalue weighted by Gasteiger charge is -2.19. The smallest absolute Gasteiger partial charge is 0.244 e. The molecule has 0 aliphatic heterocycles. The van der Waals surface area contributed by atoms with E-state index >= 15 is 0 Å². The van der Waals surface area contributed by atoms with Crippen LogP contribution in [0.2, 0.25) is 5.15 Å². The molecule has 3 aromatic rings. The van der Waals surface area contributed by atoms with Crippen molar-refractivity contribution in [3.05, 3.63) is 94.3 Å². The van der Waals surface area contributed by atoms with Gasteiger partial charge < -0.3 is 14.8 Å². The molecule has 0 bridgehead atoms. The number of aromatic nitrogens is 1. The predicted molar refractivity (Wildman–Crippen MR) is 138 cm³/mol. The van der Waals surface area contributed by atoms with Gasteiger partial charge in [-0.05, 0) is 63.9 Å². The number of ether oxygens (including phenoxy) is 2. The first-order valence-corrected chi connectivity index (χ1v) is 11.5. The third-order valence-electron chi connectivity index (χ3n) is 5.54. The van der Waals surface area contributed by atoms with Crippen LogP contribution < -0.4 is 14.8 Å². The molecule has 178 valence electrons. The van der Waals surface area contributed by atoms with Gasteiger partial charge in [-0.3, -0.25) is 4.79 Å². The summed E-state index contributed by atoms with van der Waals surface area (Å²) in [7, 11) is 3.21. The van der Waals surface area contributed by atoms with Crippen LogP contribution in [0.4, 0.5) is 0 Å². The number of carbonyl (C=O) groups excluding carboxylic acids is 1. The van der Waals surface area contributed by atoms with Gasteiger partial charge in [0.2, 0.25) is 5.91 Å². The molecule has 0 saturated carbocycles. The Hall–Kier alpha value is -3.31. The first-order chi connectivity index (χ1) is 16.2. The SMILES string of the molecule is COc1ccc(CCNC(=O)/C=C(/c2ccc(C(C)(C)C)cc2)c2ccnc(Cl)c2)cc1OC. The third-order valence-corrected chi connectivity index (χ3v) is 5.74. The van der Waals surface area contributed by atoms with Gasteiger partial charge in [-0.15, -0.1) is 0 Å². The Morgan fingerprint density at radius 1 is 0.971 bits per heavy atom. The van der Waals surface area contributed by atoms with E-state index in [0.29, 0.717) is 29.6 Å². The van der Waals surface area contributed by atoms with Crippen LogP contribution in [0.15, 0.2) is 66.9 Å². The minimum Gasteiger partial charge on any atom is -0.493 e. The summed E-state index contributed by atoms with van der Waals surface area (Å²) in [4.78, 5) is 16.9. The molecule has 2 aromatic carbocycles. The number of benzene rings is 2. The van der Waals surface area contributed by atoms with Crippen molar-refractivity contribution in [2.75, 3.05) is 20.8 Å². The van der Waals surface area contributed by atoms with E-state index in [-0.39, 0.29) is 11.3 Å². The molecule has 6 heteroatoms. The third kappa shape index (κ3) is 6.61. The Bertz CT molecular complexity index is 1170. The number of carbonyl (C=O) groups is 1. The van der Waals surface area contributed by atoms with Crippen LogP contribution in [0.3, 0.4) is 0 Å². The van der Waals surface area contributed by atoms with Gasteiger partial charge in [-0.1, -0.05) is 62.7 Å². The van der Waals surface area contributed by atoms with Crippen molar-refractivity contribution in [2.45, 2.75) is 32.6 Å². The maximum atomic E-state index is 12.8. The van der Waals surface area contributed by atoms with Gasteiger partial charge in [0, 0.05) is 18.8 Å². The van der Waals surface area contributed by atoms with E-state index in [9.17, 15) is 4.79 Å². The number of amides is 1. The summed E-state index contributed by atoms with van der Waals surface area (Å²) in [5.41, 5.74) is 4.87. The monoisotopic (exact) mass is 478 g/mol. The van der Waals surface area contributed by atoms with Gasteiger partial charge in [-0.25, -0.2) is 4.98 Å².